The highest BCUT2D eigenvalue weighted by molar-refractivity contribution is 5.92. The maximum atomic E-state index is 12.1. The molecule has 0 aliphatic carbocycles. The molecule has 0 bridgehead atoms. The van der Waals surface area contributed by atoms with Crippen molar-refractivity contribution in [2.75, 3.05) is 11.9 Å². The van der Waals surface area contributed by atoms with Crippen molar-refractivity contribution >= 4 is 23.5 Å². The van der Waals surface area contributed by atoms with Crippen molar-refractivity contribution in [1.82, 2.24) is 0 Å². The van der Waals surface area contributed by atoms with Gasteiger partial charge >= 0.3 is 0 Å². The van der Waals surface area contributed by atoms with Crippen molar-refractivity contribution < 1.29 is 9.53 Å². The molecular weight excluding hydrogens is 336 g/mol. The molecule has 0 aliphatic heterocycles. The second-order valence-electron chi connectivity index (χ2n) is 6.32. The number of benzene rings is 3. The highest BCUT2D eigenvalue weighted by Gasteiger charge is 2.04. The van der Waals surface area contributed by atoms with Crippen LogP contribution in [0.2, 0.25) is 0 Å². The second-order valence-corrected chi connectivity index (χ2v) is 6.32. The van der Waals surface area contributed by atoms with E-state index in [1.165, 1.54) is 0 Å². The Morgan fingerprint density at radius 1 is 1.00 bits per heavy atom. The van der Waals surface area contributed by atoms with Crippen LogP contribution in [-0.2, 0) is 4.79 Å². The summed E-state index contributed by atoms with van der Waals surface area (Å²) in [4.78, 5) is 16.6. The number of para-hydroxylation sites is 1. The molecule has 0 saturated carbocycles. The number of carbonyl (C=O) groups is 1. The van der Waals surface area contributed by atoms with E-state index in [4.69, 9.17) is 4.74 Å². The van der Waals surface area contributed by atoms with Gasteiger partial charge < -0.3 is 10.1 Å². The highest BCUT2D eigenvalue weighted by atomic mass is 16.5. The van der Waals surface area contributed by atoms with E-state index < -0.39 is 0 Å². The minimum absolute atomic E-state index is 0.0493. The summed E-state index contributed by atoms with van der Waals surface area (Å²) in [6.45, 7) is 3.96. The summed E-state index contributed by atoms with van der Waals surface area (Å²) in [6, 6.07) is 23.1. The van der Waals surface area contributed by atoms with Crippen LogP contribution in [0.5, 0.6) is 5.75 Å². The number of aryl methyl sites for hydroxylation is 2. The van der Waals surface area contributed by atoms with Gasteiger partial charge in [0.05, 0.1) is 5.69 Å². The fraction of sp³-hybridized carbons (Fsp3) is 0.130. The summed E-state index contributed by atoms with van der Waals surface area (Å²) in [5.41, 5.74) is 4.82. The number of hydrogen-bond donors (Lipinski definition) is 1. The van der Waals surface area contributed by atoms with Gasteiger partial charge in [-0.25, -0.2) is 0 Å². The molecule has 1 N–H and O–H groups in total. The number of nitrogens with one attached hydrogen (secondary N) is 1. The molecule has 0 heterocycles. The quantitative estimate of drug-likeness (QED) is 0.625. The van der Waals surface area contributed by atoms with Crippen molar-refractivity contribution in [3.63, 3.8) is 0 Å². The summed E-state index contributed by atoms with van der Waals surface area (Å²) < 4.78 is 5.61. The molecule has 0 fully saturated rings. The van der Waals surface area contributed by atoms with Gasteiger partial charge in [-0.05, 0) is 60.9 Å². The Morgan fingerprint density at radius 3 is 2.63 bits per heavy atom. The number of ether oxygens (including phenoxy) is 1. The first-order valence-electron chi connectivity index (χ1n) is 8.79. The van der Waals surface area contributed by atoms with Crippen LogP contribution < -0.4 is 10.1 Å². The van der Waals surface area contributed by atoms with Crippen molar-refractivity contribution in [3.05, 3.63) is 89.5 Å². The SMILES string of the molecule is Cc1cccc(NC(=O)COc2cccc(C=Nc3ccccc3C)c2)c1. The van der Waals surface area contributed by atoms with Gasteiger partial charge in [-0.1, -0.05) is 42.5 Å². The van der Waals surface area contributed by atoms with E-state index in [2.05, 4.69) is 10.3 Å². The number of aliphatic imine (C=N–C) groups is 1. The molecule has 0 aliphatic rings. The maximum absolute atomic E-state index is 12.1. The summed E-state index contributed by atoms with van der Waals surface area (Å²) in [6.07, 6.45) is 1.79. The molecule has 0 aromatic heterocycles. The molecule has 3 aromatic carbocycles. The van der Waals surface area contributed by atoms with Crippen LogP contribution in [0.1, 0.15) is 16.7 Å². The third-order valence-electron chi connectivity index (χ3n) is 4.00. The third-order valence-corrected chi connectivity index (χ3v) is 4.00. The van der Waals surface area contributed by atoms with Gasteiger partial charge in [0.1, 0.15) is 5.75 Å². The molecule has 4 heteroatoms. The minimum atomic E-state index is -0.195. The summed E-state index contributed by atoms with van der Waals surface area (Å²) >= 11 is 0. The lowest BCUT2D eigenvalue weighted by Gasteiger charge is -2.08. The van der Waals surface area contributed by atoms with Crippen LogP contribution in [0.15, 0.2) is 77.8 Å². The summed E-state index contributed by atoms with van der Waals surface area (Å²) in [5, 5.41) is 2.83. The van der Waals surface area contributed by atoms with E-state index in [0.717, 1.165) is 28.1 Å². The predicted molar refractivity (Wildman–Crippen MR) is 110 cm³/mol. The standard InChI is InChI=1S/C23H22N2O2/c1-17-7-5-10-20(13-17)25-23(26)16-27-21-11-6-9-19(14-21)15-24-22-12-4-3-8-18(22)2/h3-15H,16H2,1-2H3,(H,25,26). The summed E-state index contributed by atoms with van der Waals surface area (Å²) in [5.74, 6) is 0.433. The zero-order valence-corrected chi connectivity index (χ0v) is 15.5. The van der Waals surface area contributed by atoms with Crippen molar-refractivity contribution in [2.45, 2.75) is 13.8 Å². The van der Waals surface area contributed by atoms with E-state index in [1.807, 2.05) is 86.6 Å². The monoisotopic (exact) mass is 358 g/mol. The normalized spacial score (nSPS) is 10.7. The Hall–Kier alpha value is -3.40. The second kappa shape index (κ2) is 8.81. The molecular formula is C23H22N2O2. The van der Waals surface area contributed by atoms with E-state index in [9.17, 15) is 4.79 Å². The fourth-order valence-corrected chi connectivity index (χ4v) is 2.61. The molecule has 0 atom stereocenters. The minimum Gasteiger partial charge on any atom is -0.484 e. The third kappa shape index (κ3) is 5.54. The lowest BCUT2D eigenvalue weighted by atomic mass is 10.2. The van der Waals surface area contributed by atoms with Gasteiger partial charge in [0, 0.05) is 11.9 Å². The molecule has 0 spiro atoms. The van der Waals surface area contributed by atoms with Crippen molar-refractivity contribution in [3.8, 4) is 5.75 Å². The topological polar surface area (TPSA) is 50.7 Å². The Bertz CT molecular complexity index is 964. The molecule has 0 saturated heterocycles. The van der Waals surface area contributed by atoms with E-state index in [-0.39, 0.29) is 12.5 Å². The number of carbonyl (C=O) groups excluding carboxylic acids is 1. The molecule has 3 aromatic rings. The number of rotatable bonds is 6. The van der Waals surface area contributed by atoms with Crippen LogP contribution in [-0.4, -0.2) is 18.7 Å². The Balaban J connectivity index is 1.59. The maximum Gasteiger partial charge on any atom is 0.262 e. The van der Waals surface area contributed by atoms with Crippen LogP contribution in [0.4, 0.5) is 11.4 Å². The van der Waals surface area contributed by atoms with Gasteiger partial charge in [-0.2, -0.15) is 0 Å². The van der Waals surface area contributed by atoms with Gasteiger partial charge in [-0.15, -0.1) is 0 Å². The predicted octanol–water partition coefficient (Wildman–Crippen LogP) is 5.07. The fourth-order valence-electron chi connectivity index (χ4n) is 2.61. The number of anilines is 1. The zero-order valence-electron chi connectivity index (χ0n) is 15.5. The number of nitrogens with zero attached hydrogens (tertiary/aromatic N) is 1. The number of amides is 1. The largest absolute Gasteiger partial charge is 0.484 e. The average molecular weight is 358 g/mol. The lowest BCUT2D eigenvalue weighted by Crippen LogP contribution is -2.20. The number of hydrogen-bond acceptors (Lipinski definition) is 3. The van der Waals surface area contributed by atoms with Gasteiger partial charge in [0.15, 0.2) is 6.61 Å². The van der Waals surface area contributed by atoms with Crippen LogP contribution in [0.25, 0.3) is 0 Å². The highest BCUT2D eigenvalue weighted by Crippen LogP contribution is 2.18. The Kier molecular flexibility index (Phi) is 6.00. The molecule has 136 valence electrons. The Labute approximate surface area is 159 Å². The van der Waals surface area contributed by atoms with Crippen molar-refractivity contribution in [2.24, 2.45) is 4.99 Å². The van der Waals surface area contributed by atoms with E-state index >= 15 is 0 Å². The first-order chi connectivity index (χ1) is 13.1. The zero-order chi connectivity index (χ0) is 19.1. The molecule has 0 radical (unpaired) electrons. The van der Waals surface area contributed by atoms with Gasteiger partial charge in [0.2, 0.25) is 0 Å². The Morgan fingerprint density at radius 2 is 1.81 bits per heavy atom. The van der Waals surface area contributed by atoms with Crippen LogP contribution in [0.3, 0.4) is 0 Å². The summed E-state index contributed by atoms with van der Waals surface area (Å²) in [7, 11) is 0. The first kappa shape index (κ1) is 18.4. The molecule has 1 amide bonds. The van der Waals surface area contributed by atoms with E-state index in [0.29, 0.717) is 5.75 Å². The van der Waals surface area contributed by atoms with Crippen LogP contribution in [0, 0.1) is 13.8 Å². The van der Waals surface area contributed by atoms with Gasteiger partial charge in [0.25, 0.3) is 5.91 Å². The molecule has 27 heavy (non-hydrogen) atoms. The van der Waals surface area contributed by atoms with Crippen LogP contribution >= 0.6 is 0 Å². The molecule has 0 unspecified atom stereocenters. The van der Waals surface area contributed by atoms with E-state index in [1.54, 1.807) is 6.21 Å². The molecule has 3 rings (SSSR count). The smallest absolute Gasteiger partial charge is 0.262 e. The molecule has 4 nitrogen and oxygen atoms in total. The van der Waals surface area contributed by atoms with Crippen molar-refractivity contribution in [1.29, 1.82) is 0 Å². The lowest BCUT2D eigenvalue weighted by molar-refractivity contribution is -0.118. The average Bonchev–Trinajstić information content (AvgIpc) is 2.66. The van der Waals surface area contributed by atoms with Gasteiger partial charge in [-0.3, -0.25) is 9.79 Å². The first-order valence-corrected chi connectivity index (χ1v) is 8.79.